The van der Waals surface area contributed by atoms with Crippen LogP contribution in [0.15, 0.2) is 55.1 Å². The van der Waals surface area contributed by atoms with Crippen LogP contribution in [0.5, 0.6) is 11.5 Å². The van der Waals surface area contributed by atoms with Gasteiger partial charge in [0.15, 0.2) is 16.6 Å². The van der Waals surface area contributed by atoms with Crippen molar-refractivity contribution in [1.82, 2.24) is 14.5 Å². The summed E-state index contributed by atoms with van der Waals surface area (Å²) in [7, 11) is 0. The molecule has 0 spiro atoms. The minimum absolute atomic E-state index is 0.105. The van der Waals surface area contributed by atoms with Gasteiger partial charge in [-0.2, -0.15) is 0 Å². The molecule has 0 radical (unpaired) electrons. The molecular weight excluding hydrogens is 436 g/mol. The number of carbonyl (C=O) groups is 1. The molecule has 0 atom stereocenters. The maximum absolute atomic E-state index is 13.3. The Balaban J connectivity index is 1.40. The Hall–Kier alpha value is -3.65. The first-order valence-electron chi connectivity index (χ1n) is 10.8. The van der Waals surface area contributed by atoms with Crippen LogP contribution in [-0.4, -0.2) is 33.8 Å². The minimum Gasteiger partial charge on any atom is -0.454 e. The first kappa shape index (κ1) is 21.2. The number of ether oxygens (including phenoxy) is 2. The van der Waals surface area contributed by atoms with Gasteiger partial charge in [-0.1, -0.05) is 23.5 Å². The van der Waals surface area contributed by atoms with Gasteiger partial charge >= 0.3 is 0 Å². The van der Waals surface area contributed by atoms with Gasteiger partial charge in [0.05, 0.1) is 16.5 Å². The summed E-state index contributed by atoms with van der Waals surface area (Å²) in [5.74, 6) is 1.31. The van der Waals surface area contributed by atoms with Crippen molar-refractivity contribution in [1.29, 1.82) is 0 Å². The van der Waals surface area contributed by atoms with Gasteiger partial charge in [-0.25, -0.2) is 9.97 Å². The summed E-state index contributed by atoms with van der Waals surface area (Å²) >= 11 is 1.55. The van der Waals surface area contributed by atoms with E-state index in [9.17, 15) is 4.79 Å². The summed E-state index contributed by atoms with van der Waals surface area (Å²) in [5, 5.41) is 0.713. The Bertz CT molecular complexity index is 1330. The third kappa shape index (κ3) is 4.47. The van der Waals surface area contributed by atoms with Gasteiger partial charge in [-0.05, 0) is 61.2 Å². The molecule has 2 aromatic heterocycles. The van der Waals surface area contributed by atoms with Crippen LogP contribution in [0.3, 0.4) is 0 Å². The molecule has 0 fully saturated rings. The van der Waals surface area contributed by atoms with Crippen LogP contribution in [-0.2, 0) is 11.3 Å². The number of thiazole rings is 1. The maximum atomic E-state index is 13.3. The fourth-order valence-electron chi connectivity index (χ4n) is 3.73. The average Bonchev–Trinajstić information content (AvgIpc) is 3.58. The van der Waals surface area contributed by atoms with E-state index in [1.807, 2.05) is 29.0 Å². The molecular formula is C25H24N4O3S. The van der Waals surface area contributed by atoms with E-state index in [0.717, 1.165) is 40.1 Å². The zero-order valence-electron chi connectivity index (χ0n) is 18.5. The second-order valence-electron chi connectivity index (χ2n) is 7.94. The zero-order valence-corrected chi connectivity index (χ0v) is 19.3. The highest BCUT2D eigenvalue weighted by atomic mass is 32.1. The molecule has 1 aliphatic heterocycles. The molecule has 4 aromatic rings. The monoisotopic (exact) mass is 460 g/mol. The average molecular weight is 461 g/mol. The van der Waals surface area contributed by atoms with E-state index in [-0.39, 0.29) is 12.7 Å². The smallest absolute Gasteiger partial charge is 0.252 e. The molecule has 3 heterocycles. The van der Waals surface area contributed by atoms with Crippen molar-refractivity contribution in [3.63, 3.8) is 0 Å². The van der Waals surface area contributed by atoms with Crippen molar-refractivity contribution >= 4 is 38.7 Å². The lowest BCUT2D eigenvalue weighted by molar-refractivity contribution is -0.114. The first-order chi connectivity index (χ1) is 16.1. The number of aryl methyl sites for hydroxylation is 3. The number of carbonyl (C=O) groups excluding carboxylic acids is 1. The minimum atomic E-state index is -0.105. The number of nitrogens with zero attached hydrogens (tertiary/aromatic N) is 4. The largest absolute Gasteiger partial charge is 0.454 e. The van der Waals surface area contributed by atoms with E-state index in [0.29, 0.717) is 17.4 Å². The third-order valence-electron chi connectivity index (χ3n) is 5.74. The molecule has 168 valence electrons. The molecule has 0 saturated heterocycles. The molecule has 0 N–H and O–H groups in total. The van der Waals surface area contributed by atoms with E-state index < -0.39 is 0 Å². The molecule has 0 aliphatic carbocycles. The zero-order chi connectivity index (χ0) is 22.8. The Kier molecular flexibility index (Phi) is 5.83. The molecule has 2 aromatic carbocycles. The number of fused-ring (bicyclic) bond motifs is 2. The van der Waals surface area contributed by atoms with E-state index >= 15 is 0 Å². The number of hydrogen-bond donors (Lipinski definition) is 0. The normalized spacial score (nSPS) is 12.7. The summed E-state index contributed by atoms with van der Waals surface area (Å²) < 4.78 is 13.9. The lowest BCUT2D eigenvalue weighted by atomic mass is 10.1. The summed E-state index contributed by atoms with van der Waals surface area (Å²) in [6, 6.07) is 9.82. The SMILES string of the molecule is Cc1ccc2sc(N(CCCn3ccnc3)C(=O)/C=C/c3ccc4c(c3)OCO4)nc2c1C. The van der Waals surface area contributed by atoms with Crippen LogP contribution in [0.4, 0.5) is 5.13 Å². The lowest BCUT2D eigenvalue weighted by Gasteiger charge is -2.18. The maximum Gasteiger partial charge on any atom is 0.252 e. The number of hydrogen-bond acceptors (Lipinski definition) is 6. The summed E-state index contributed by atoms with van der Waals surface area (Å²) in [5.41, 5.74) is 4.18. The third-order valence-corrected chi connectivity index (χ3v) is 6.79. The highest BCUT2D eigenvalue weighted by Gasteiger charge is 2.19. The van der Waals surface area contributed by atoms with Crippen molar-refractivity contribution in [2.45, 2.75) is 26.8 Å². The topological polar surface area (TPSA) is 69.5 Å². The van der Waals surface area contributed by atoms with Crippen molar-refractivity contribution in [3.8, 4) is 11.5 Å². The van der Waals surface area contributed by atoms with E-state index in [1.54, 1.807) is 40.9 Å². The quantitative estimate of drug-likeness (QED) is 0.364. The number of rotatable bonds is 7. The van der Waals surface area contributed by atoms with Gasteiger partial charge in [0, 0.05) is 31.6 Å². The van der Waals surface area contributed by atoms with Crippen LogP contribution >= 0.6 is 11.3 Å². The molecule has 0 bridgehead atoms. The second kappa shape index (κ2) is 9.07. The molecule has 8 heteroatoms. The molecule has 1 amide bonds. The predicted molar refractivity (Wildman–Crippen MR) is 130 cm³/mol. The second-order valence-corrected chi connectivity index (χ2v) is 8.95. The number of aromatic nitrogens is 3. The molecule has 7 nitrogen and oxygen atoms in total. The molecule has 0 unspecified atom stereocenters. The number of anilines is 1. The Morgan fingerprint density at radius 3 is 2.94 bits per heavy atom. The van der Waals surface area contributed by atoms with Gasteiger partial charge in [-0.3, -0.25) is 9.69 Å². The van der Waals surface area contributed by atoms with Gasteiger partial charge in [0.25, 0.3) is 5.91 Å². The van der Waals surface area contributed by atoms with Crippen molar-refractivity contribution in [2.75, 3.05) is 18.2 Å². The number of benzene rings is 2. The highest BCUT2D eigenvalue weighted by molar-refractivity contribution is 7.22. The Labute approximate surface area is 195 Å². The molecule has 1 aliphatic rings. The number of imidazole rings is 1. The Morgan fingerprint density at radius 1 is 1.21 bits per heavy atom. The summed E-state index contributed by atoms with van der Waals surface area (Å²) in [4.78, 5) is 24.0. The van der Waals surface area contributed by atoms with Crippen molar-refractivity contribution in [3.05, 3.63) is 71.8 Å². The first-order valence-corrected chi connectivity index (χ1v) is 11.6. The summed E-state index contributed by atoms with van der Waals surface area (Å²) in [6.07, 6.45) is 9.66. The van der Waals surface area contributed by atoms with E-state index in [1.165, 1.54) is 5.56 Å². The number of amides is 1. The van der Waals surface area contributed by atoms with Crippen LogP contribution in [0, 0.1) is 13.8 Å². The lowest BCUT2D eigenvalue weighted by Crippen LogP contribution is -2.30. The van der Waals surface area contributed by atoms with Crippen LogP contribution < -0.4 is 14.4 Å². The predicted octanol–water partition coefficient (Wildman–Crippen LogP) is 4.98. The summed E-state index contributed by atoms with van der Waals surface area (Å²) in [6.45, 7) is 5.71. The van der Waals surface area contributed by atoms with Crippen LogP contribution in [0.1, 0.15) is 23.1 Å². The van der Waals surface area contributed by atoms with Gasteiger partial charge in [0.2, 0.25) is 6.79 Å². The Morgan fingerprint density at radius 2 is 2.09 bits per heavy atom. The van der Waals surface area contributed by atoms with E-state index in [4.69, 9.17) is 14.5 Å². The molecule has 33 heavy (non-hydrogen) atoms. The van der Waals surface area contributed by atoms with Gasteiger partial charge in [0.1, 0.15) is 0 Å². The van der Waals surface area contributed by atoms with Crippen molar-refractivity contribution in [2.24, 2.45) is 0 Å². The van der Waals surface area contributed by atoms with Gasteiger partial charge < -0.3 is 14.0 Å². The standard InChI is InChI=1S/C25H24N4O3S/c1-17-4-8-22-24(18(17)2)27-25(33-22)29(12-3-11-28-13-10-26-15-28)23(30)9-6-19-5-7-20-21(14-19)32-16-31-20/h4-10,13-15H,3,11-12,16H2,1-2H3/b9-6+. The molecule has 5 rings (SSSR count). The van der Waals surface area contributed by atoms with Crippen LogP contribution in [0.2, 0.25) is 0 Å². The van der Waals surface area contributed by atoms with Crippen LogP contribution in [0.25, 0.3) is 16.3 Å². The molecule has 0 saturated carbocycles. The highest BCUT2D eigenvalue weighted by Crippen LogP contribution is 2.34. The van der Waals surface area contributed by atoms with Crippen molar-refractivity contribution < 1.29 is 14.3 Å². The van der Waals surface area contributed by atoms with Gasteiger partial charge in [-0.15, -0.1) is 0 Å². The fourth-order valence-corrected chi connectivity index (χ4v) is 4.79. The van der Waals surface area contributed by atoms with E-state index in [2.05, 4.69) is 31.0 Å². The fraction of sp³-hybridized carbons (Fsp3) is 0.240.